The van der Waals surface area contributed by atoms with Gasteiger partial charge >= 0.3 is 0 Å². The second-order valence-corrected chi connectivity index (χ2v) is 6.21. The van der Waals surface area contributed by atoms with Crippen molar-refractivity contribution in [3.63, 3.8) is 0 Å². The van der Waals surface area contributed by atoms with E-state index >= 15 is 0 Å². The molecule has 0 spiro atoms. The van der Waals surface area contributed by atoms with Crippen LogP contribution in [0.2, 0.25) is 0 Å². The van der Waals surface area contributed by atoms with Crippen LogP contribution in [0.25, 0.3) is 0 Å². The van der Waals surface area contributed by atoms with Crippen LogP contribution in [0.1, 0.15) is 62.0 Å². The van der Waals surface area contributed by atoms with Crippen LogP contribution in [0.5, 0.6) is 5.88 Å². The largest absolute Gasteiger partial charge is 0.473 e. The standard InChI is InChI=1S/C20H25NO/c1-2-7-12-18(13-8-3-1)19-14-9-15-21-20(19)22-16-17-10-5-4-6-11-17/h4-6,9-11,14-15,18H,1-3,7-8,12-13,16H2. The minimum Gasteiger partial charge on any atom is -0.473 e. The lowest BCUT2D eigenvalue weighted by molar-refractivity contribution is 0.285. The normalized spacial score (nSPS) is 16.7. The molecular weight excluding hydrogens is 270 g/mol. The second-order valence-electron chi connectivity index (χ2n) is 6.21. The van der Waals surface area contributed by atoms with Crippen LogP contribution in [0.3, 0.4) is 0 Å². The summed E-state index contributed by atoms with van der Waals surface area (Å²) in [5.41, 5.74) is 2.50. The molecule has 0 aliphatic heterocycles. The zero-order chi connectivity index (χ0) is 15.0. The molecule has 1 fully saturated rings. The van der Waals surface area contributed by atoms with Gasteiger partial charge < -0.3 is 4.74 Å². The first kappa shape index (κ1) is 15.1. The summed E-state index contributed by atoms with van der Waals surface area (Å²) in [5.74, 6) is 1.44. The van der Waals surface area contributed by atoms with Crippen LogP contribution in [0.15, 0.2) is 48.7 Å². The van der Waals surface area contributed by atoms with E-state index in [9.17, 15) is 0 Å². The number of nitrogens with zero attached hydrogens (tertiary/aromatic N) is 1. The highest BCUT2D eigenvalue weighted by Gasteiger charge is 2.18. The number of benzene rings is 1. The third kappa shape index (κ3) is 4.09. The SMILES string of the molecule is c1ccc(COc2ncccc2C2CCCCCCC2)cc1. The summed E-state index contributed by atoms with van der Waals surface area (Å²) in [6.07, 6.45) is 11.2. The zero-order valence-corrected chi connectivity index (χ0v) is 13.2. The van der Waals surface area contributed by atoms with Crippen molar-refractivity contribution in [3.8, 4) is 5.88 Å². The molecule has 1 aliphatic rings. The van der Waals surface area contributed by atoms with Gasteiger partial charge in [0, 0.05) is 11.8 Å². The summed E-state index contributed by atoms with van der Waals surface area (Å²) >= 11 is 0. The molecule has 0 unspecified atom stereocenters. The van der Waals surface area contributed by atoms with Gasteiger partial charge in [-0.15, -0.1) is 0 Å². The van der Waals surface area contributed by atoms with E-state index in [1.54, 1.807) is 0 Å². The van der Waals surface area contributed by atoms with Crippen LogP contribution in [0.4, 0.5) is 0 Å². The first-order valence-corrected chi connectivity index (χ1v) is 8.55. The first-order valence-electron chi connectivity index (χ1n) is 8.55. The van der Waals surface area contributed by atoms with Crippen molar-refractivity contribution in [2.24, 2.45) is 0 Å². The van der Waals surface area contributed by atoms with E-state index in [2.05, 4.69) is 23.2 Å². The van der Waals surface area contributed by atoms with E-state index in [4.69, 9.17) is 4.74 Å². The Bertz CT molecular complexity index is 559. The summed E-state index contributed by atoms with van der Waals surface area (Å²) in [7, 11) is 0. The molecule has 1 aromatic heterocycles. The molecule has 0 bridgehead atoms. The third-order valence-corrected chi connectivity index (χ3v) is 4.56. The van der Waals surface area contributed by atoms with Gasteiger partial charge in [-0.3, -0.25) is 0 Å². The minimum atomic E-state index is 0.595. The maximum atomic E-state index is 6.04. The summed E-state index contributed by atoms with van der Waals surface area (Å²) in [6.45, 7) is 0.595. The van der Waals surface area contributed by atoms with E-state index in [-0.39, 0.29) is 0 Å². The lowest BCUT2D eigenvalue weighted by Gasteiger charge is -2.21. The van der Waals surface area contributed by atoms with Crippen molar-refractivity contribution in [2.45, 2.75) is 57.5 Å². The fourth-order valence-corrected chi connectivity index (χ4v) is 3.33. The Morgan fingerprint density at radius 3 is 2.36 bits per heavy atom. The maximum Gasteiger partial charge on any atom is 0.217 e. The molecule has 1 aromatic carbocycles. The van der Waals surface area contributed by atoms with Crippen molar-refractivity contribution in [1.82, 2.24) is 4.98 Å². The predicted octanol–water partition coefficient (Wildman–Crippen LogP) is 5.49. The van der Waals surface area contributed by atoms with E-state index in [0.717, 1.165) is 5.88 Å². The molecule has 116 valence electrons. The van der Waals surface area contributed by atoms with Gasteiger partial charge in [0.2, 0.25) is 5.88 Å². The molecule has 0 radical (unpaired) electrons. The van der Waals surface area contributed by atoms with Gasteiger partial charge in [-0.25, -0.2) is 4.98 Å². The van der Waals surface area contributed by atoms with Gasteiger partial charge in [0.25, 0.3) is 0 Å². The third-order valence-electron chi connectivity index (χ3n) is 4.56. The van der Waals surface area contributed by atoms with Crippen molar-refractivity contribution < 1.29 is 4.74 Å². The Morgan fingerprint density at radius 2 is 1.59 bits per heavy atom. The molecule has 2 heteroatoms. The van der Waals surface area contributed by atoms with E-state index < -0.39 is 0 Å². The molecule has 0 atom stereocenters. The lowest BCUT2D eigenvalue weighted by atomic mass is 9.86. The minimum absolute atomic E-state index is 0.595. The number of pyridine rings is 1. The van der Waals surface area contributed by atoms with Gasteiger partial charge in [-0.05, 0) is 30.4 Å². The van der Waals surface area contributed by atoms with Crippen LogP contribution < -0.4 is 4.74 Å². The van der Waals surface area contributed by atoms with Crippen LogP contribution in [-0.4, -0.2) is 4.98 Å². The zero-order valence-electron chi connectivity index (χ0n) is 13.2. The first-order chi connectivity index (χ1) is 10.9. The number of aromatic nitrogens is 1. The smallest absolute Gasteiger partial charge is 0.217 e. The van der Waals surface area contributed by atoms with E-state index in [1.807, 2.05) is 30.5 Å². The lowest BCUT2D eigenvalue weighted by Crippen LogP contribution is -2.07. The Labute approximate surface area is 133 Å². The van der Waals surface area contributed by atoms with Gasteiger partial charge in [-0.2, -0.15) is 0 Å². The fraction of sp³-hybridized carbons (Fsp3) is 0.450. The maximum absolute atomic E-state index is 6.04. The van der Waals surface area contributed by atoms with Crippen molar-refractivity contribution in [3.05, 3.63) is 59.8 Å². The molecule has 2 nitrogen and oxygen atoms in total. The number of hydrogen-bond acceptors (Lipinski definition) is 2. The van der Waals surface area contributed by atoms with Crippen molar-refractivity contribution in [2.75, 3.05) is 0 Å². The molecule has 1 saturated carbocycles. The van der Waals surface area contributed by atoms with Crippen molar-refractivity contribution in [1.29, 1.82) is 0 Å². The number of hydrogen-bond donors (Lipinski definition) is 0. The molecule has 2 aromatic rings. The van der Waals surface area contributed by atoms with Gasteiger partial charge in [-0.1, -0.05) is 68.5 Å². The summed E-state index contributed by atoms with van der Waals surface area (Å²) < 4.78 is 6.04. The Hall–Kier alpha value is -1.83. The van der Waals surface area contributed by atoms with Gasteiger partial charge in [0.05, 0.1) is 0 Å². The quantitative estimate of drug-likeness (QED) is 0.744. The Morgan fingerprint density at radius 1 is 0.864 bits per heavy atom. The summed E-state index contributed by atoms with van der Waals surface area (Å²) in [5, 5.41) is 0. The number of ether oxygens (including phenoxy) is 1. The Balaban J connectivity index is 1.71. The topological polar surface area (TPSA) is 22.1 Å². The Kier molecular flexibility index (Phi) is 5.47. The van der Waals surface area contributed by atoms with Gasteiger partial charge in [0.1, 0.15) is 6.61 Å². The van der Waals surface area contributed by atoms with E-state index in [1.165, 1.54) is 56.1 Å². The molecule has 1 aliphatic carbocycles. The molecule has 1 heterocycles. The fourth-order valence-electron chi connectivity index (χ4n) is 3.33. The monoisotopic (exact) mass is 295 g/mol. The van der Waals surface area contributed by atoms with Gasteiger partial charge in [0.15, 0.2) is 0 Å². The second kappa shape index (κ2) is 7.98. The molecule has 3 rings (SSSR count). The predicted molar refractivity (Wildman–Crippen MR) is 90.1 cm³/mol. The molecule has 0 amide bonds. The van der Waals surface area contributed by atoms with Crippen LogP contribution in [0, 0.1) is 0 Å². The molecular formula is C20H25NO. The van der Waals surface area contributed by atoms with Crippen molar-refractivity contribution >= 4 is 0 Å². The summed E-state index contributed by atoms with van der Waals surface area (Å²) in [4.78, 5) is 4.50. The highest BCUT2D eigenvalue weighted by molar-refractivity contribution is 5.30. The number of rotatable bonds is 4. The highest BCUT2D eigenvalue weighted by Crippen LogP contribution is 2.35. The van der Waals surface area contributed by atoms with E-state index in [0.29, 0.717) is 12.5 Å². The molecule has 0 saturated heterocycles. The van der Waals surface area contributed by atoms with Crippen LogP contribution in [-0.2, 0) is 6.61 Å². The molecule has 22 heavy (non-hydrogen) atoms. The summed E-state index contributed by atoms with van der Waals surface area (Å²) in [6, 6.07) is 14.6. The average molecular weight is 295 g/mol. The molecule has 0 N–H and O–H groups in total. The highest BCUT2D eigenvalue weighted by atomic mass is 16.5. The van der Waals surface area contributed by atoms with Crippen LogP contribution >= 0.6 is 0 Å². The average Bonchev–Trinajstić information content (AvgIpc) is 2.54.